The van der Waals surface area contributed by atoms with Gasteiger partial charge in [0.05, 0.1) is 24.2 Å². The molecule has 1 heterocycles. The molecule has 5 heteroatoms. The summed E-state index contributed by atoms with van der Waals surface area (Å²) in [4.78, 5) is 17.5. The third kappa shape index (κ3) is 3.42. The minimum absolute atomic E-state index is 0.00736. The summed E-state index contributed by atoms with van der Waals surface area (Å²) in [5.41, 5.74) is 5.76. The van der Waals surface area contributed by atoms with E-state index < -0.39 is 0 Å². The summed E-state index contributed by atoms with van der Waals surface area (Å²) < 4.78 is 1.88. The number of para-hydroxylation sites is 2. The number of fused-ring (bicyclic) bond motifs is 1. The van der Waals surface area contributed by atoms with Gasteiger partial charge in [-0.25, -0.2) is 4.98 Å². The summed E-state index contributed by atoms with van der Waals surface area (Å²) in [7, 11) is 0. The normalized spacial score (nSPS) is 11.0. The van der Waals surface area contributed by atoms with Crippen molar-refractivity contribution >= 4 is 22.8 Å². The van der Waals surface area contributed by atoms with Crippen molar-refractivity contribution in [2.75, 3.05) is 18.5 Å². The largest absolute Gasteiger partial charge is 0.395 e. The first-order valence-corrected chi connectivity index (χ1v) is 8.42. The molecule has 3 aromatic rings. The average molecular weight is 337 g/mol. The van der Waals surface area contributed by atoms with E-state index in [1.807, 2.05) is 48.7 Å². The summed E-state index contributed by atoms with van der Waals surface area (Å²) >= 11 is 0. The van der Waals surface area contributed by atoms with Crippen molar-refractivity contribution in [1.82, 2.24) is 9.55 Å². The van der Waals surface area contributed by atoms with Gasteiger partial charge in [-0.2, -0.15) is 0 Å². The lowest BCUT2D eigenvalue weighted by Crippen LogP contribution is -2.16. The lowest BCUT2D eigenvalue weighted by Gasteiger charge is -2.12. The van der Waals surface area contributed by atoms with E-state index in [9.17, 15) is 4.79 Å². The molecule has 0 spiro atoms. The Morgan fingerprint density at radius 2 is 1.84 bits per heavy atom. The highest BCUT2D eigenvalue weighted by molar-refractivity contribution is 5.98. The molecule has 0 amide bonds. The Balaban J connectivity index is 1.99. The average Bonchev–Trinajstić information content (AvgIpc) is 2.94. The van der Waals surface area contributed by atoms with Gasteiger partial charge in [0, 0.05) is 12.1 Å². The van der Waals surface area contributed by atoms with Gasteiger partial charge in [-0.15, -0.1) is 0 Å². The van der Waals surface area contributed by atoms with E-state index in [-0.39, 0.29) is 18.9 Å². The quantitative estimate of drug-likeness (QED) is 0.678. The number of hydrogen-bond donors (Lipinski definition) is 2. The van der Waals surface area contributed by atoms with Crippen LogP contribution >= 0.6 is 0 Å². The number of aliphatic hydroxyl groups is 1. The summed E-state index contributed by atoms with van der Waals surface area (Å²) in [5.74, 6) is 0.654. The summed E-state index contributed by atoms with van der Waals surface area (Å²) in [6.07, 6.45) is 0. The number of anilines is 1. The first-order chi connectivity index (χ1) is 12.0. The Bertz CT molecular complexity index is 928. The second-order valence-corrected chi connectivity index (χ2v) is 6.34. The summed E-state index contributed by atoms with van der Waals surface area (Å²) in [6.45, 7) is 6.64. The zero-order valence-corrected chi connectivity index (χ0v) is 14.8. The number of aromatic nitrogens is 2. The highest BCUT2D eigenvalue weighted by atomic mass is 16.3. The number of imidazole rings is 1. The predicted molar refractivity (Wildman–Crippen MR) is 100 cm³/mol. The minimum Gasteiger partial charge on any atom is -0.395 e. The third-order valence-electron chi connectivity index (χ3n) is 4.49. The van der Waals surface area contributed by atoms with Gasteiger partial charge < -0.3 is 15.0 Å². The van der Waals surface area contributed by atoms with Crippen LogP contribution in [0.15, 0.2) is 36.4 Å². The van der Waals surface area contributed by atoms with Crippen molar-refractivity contribution in [2.24, 2.45) is 0 Å². The highest BCUT2D eigenvalue weighted by Gasteiger charge is 2.16. The maximum atomic E-state index is 12.9. The Morgan fingerprint density at radius 1 is 1.12 bits per heavy atom. The minimum atomic E-state index is 0.00736. The number of carbonyl (C=O) groups excluding carboxylic acids is 1. The van der Waals surface area contributed by atoms with E-state index in [1.54, 1.807) is 0 Å². The SMILES string of the molecule is Cc1cc(C)c(C(=O)Cn2c(NCCO)nc3ccccc32)cc1C. The highest BCUT2D eigenvalue weighted by Crippen LogP contribution is 2.22. The zero-order valence-electron chi connectivity index (χ0n) is 14.8. The van der Waals surface area contributed by atoms with Crippen molar-refractivity contribution in [2.45, 2.75) is 27.3 Å². The molecule has 2 N–H and O–H groups in total. The number of aliphatic hydroxyl groups excluding tert-OH is 1. The molecular weight excluding hydrogens is 314 g/mol. The van der Waals surface area contributed by atoms with E-state index >= 15 is 0 Å². The van der Waals surface area contributed by atoms with Crippen LogP contribution in [-0.2, 0) is 6.54 Å². The van der Waals surface area contributed by atoms with Gasteiger partial charge in [0.2, 0.25) is 5.95 Å². The summed E-state index contributed by atoms with van der Waals surface area (Å²) in [5, 5.41) is 12.2. The van der Waals surface area contributed by atoms with E-state index in [4.69, 9.17) is 5.11 Å². The van der Waals surface area contributed by atoms with Gasteiger partial charge >= 0.3 is 0 Å². The van der Waals surface area contributed by atoms with Crippen molar-refractivity contribution in [3.63, 3.8) is 0 Å². The van der Waals surface area contributed by atoms with Gasteiger partial charge in [-0.3, -0.25) is 4.79 Å². The molecule has 3 rings (SSSR count). The number of ketones is 1. The van der Waals surface area contributed by atoms with Crippen molar-refractivity contribution in [1.29, 1.82) is 0 Å². The number of hydrogen-bond acceptors (Lipinski definition) is 4. The molecule has 5 nitrogen and oxygen atoms in total. The molecule has 130 valence electrons. The lowest BCUT2D eigenvalue weighted by atomic mass is 9.98. The maximum absolute atomic E-state index is 12.9. The second-order valence-electron chi connectivity index (χ2n) is 6.34. The van der Waals surface area contributed by atoms with Crippen LogP contribution in [0, 0.1) is 20.8 Å². The number of Topliss-reactive ketones (excluding diaryl/α,β-unsaturated/α-hetero) is 1. The molecule has 0 aliphatic carbocycles. The Kier molecular flexibility index (Phi) is 4.86. The number of nitrogens with one attached hydrogen (secondary N) is 1. The molecule has 25 heavy (non-hydrogen) atoms. The topological polar surface area (TPSA) is 67.2 Å². The second kappa shape index (κ2) is 7.07. The van der Waals surface area contributed by atoms with Crippen LogP contribution in [0.25, 0.3) is 11.0 Å². The molecule has 0 unspecified atom stereocenters. The predicted octanol–water partition coefficient (Wildman–Crippen LogP) is 3.25. The van der Waals surface area contributed by atoms with Crippen LogP contribution < -0.4 is 5.32 Å². The number of aryl methyl sites for hydroxylation is 3. The van der Waals surface area contributed by atoms with Gasteiger partial charge in [0.1, 0.15) is 0 Å². The molecule has 0 radical (unpaired) electrons. The zero-order chi connectivity index (χ0) is 18.0. The standard InChI is InChI=1S/C20H23N3O2/c1-13-10-15(3)16(11-14(13)2)19(25)12-23-18-7-5-4-6-17(18)22-20(23)21-8-9-24/h4-7,10-11,24H,8-9,12H2,1-3H3,(H,21,22). The molecule has 0 aliphatic rings. The van der Waals surface area contributed by atoms with E-state index in [2.05, 4.69) is 23.3 Å². The summed E-state index contributed by atoms with van der Waals surface area (Å²) in [6, 6.07) is 11.7. The molecule has 0 aliphatic heterocycles. The van der Waals surface area contributed by atoms with E-state index in [0.29, 0.717) is 12.5 Å². The van der Waals surface area contributed by atoms with Gasteiger partial charge in [0.25, 0.3) is 0 Å². The lowest BCUT2D eigenvalue weighted by molar-refractivity contribution is 0.0973. The molecule has 0 fully saturated rings. The number of rotatable bonds is 6. The van der Waals surface area contributed by atoms with Crippen molar-refractivity contribution in [3.05, 3.63) is 58.7 Å². The van der Waals surface area contributed by atoms with Gasteiger partial charge in [-0.1, -0.05) is 18.2 Å². The maximum Gasteiger partial charge on any atom is 0.204 e. The third-order valence-corrected chi connectivity index (χ3v) is 4.49. The number of nitrogens with zero attached hydrogens (tertiary/aromatic N) is 2. The first-order valence-electron chi connectivity index (χ1n) is 8.42. The monoisotopic (exact) mass is 337 g/mol. The fourth-order valence-corrected chi connectivity index (χ4v) is 3.03. The van der Waals surface area contributed by atoms with Crippen LogP contribution in [0.3, 0.4) is 0 Å². The smallest absolute Gasteiger partial charge is 0.204 e. The number of carbonyl (C=O) groups is 1. The van der Waals surface area contributed by atoms with E-state index in [1.165, 1.54) is 5.56 Å². The van der Waals surface area contributed by atoms with Crippen LogP contribution in [0.2, 0.25) is 0 Å². The van der Waals surface area contributed by atoms with Crippen LogP contribution in [0.5, 0.6) is 0 Å². The van der Waals surface area contributed by atoms with Crippen LogP contribution in [0.4, 0.5) is 5.95 Å². The molecule has 0 saturated heterocycles. The molecule has 2 aromatic carbocycles. The van der Waals surface area contributed by atoms with Gasteiger partial charge in [0.15, 0.2) is 5.78 Å². The van der Waals surface area contributed by atoms with E-state index in [0.717, 1.165) is 27.7 Å². The van der Waals surface area contributed by atoms with Crippen molar-refractivity contribution < 1.29 is 9.90 Å². The van der Waals surface area contributed by atoms with Crippen LogP contribution in [-0.4, -0.2) is 33.6 Å². The first kappa shape index (κ1) is 17.2. The molecule has 0 bridgehead atoms. The fraction of sp³-hybridized carbons (Fsp3) is 0.300. The number of benzene rings is 2. The Morgan fingerprint density at radius 3 is 2.60 bits per heavy atom. The van der Waals surface area contributed by atoms with Crippen LogP contribution in [0.1, 0.15) is 27.0 Å². The van der Waals surface area contributed by atoms with Gasteiger partial charge in [-0.05, 0) is 55.7 Å². The molecule has 1 aromatic heterocycles. The molecular formula is C20H23N3O2. The van der Waals surface area contributed by atoms with Crippen molar-refractivity contribution in [3.8, 4) is 0 Å². The Hall–Kier alpha value is -2.66. The molecule has 0 saturated carbocycles. The Labute approximate surface area is 147 Å². The molecule has 0 atom stereocenters. The fourth-order valence-electron chi connectivity index (χ4n) is 3.03.